The summed E-state index contributed by atoms with van der Waals surface area (Å²) in [6.07, 6.45) is 4.05. The predicted octanol–water partition coefficient (Wildman–Crippen LogP) is 3.51. The van der Waals surface area contributed by atoms with E-state index in [-0.39, 0.29) is 11.6 Å². The third-order valence-electron chi connectivity index (χ3n) is 2.84. The first-order valence-electron chi connectivity index (χ1n) is 5.45. The Morgan fingerprint density at radius 2 is 2.13 bits per heavy atom. The largest absolute Gasteiger partial charge is 0.294 e. The number of hydrogen-bond acceptors (Lipinski definition) is 1. The monoisotopic (exact) mass is 206 g/mol. The second-order valence-electron chi connectivity index (χ2n) is 4.42. The van der Waals surface area contributed by atoms with Crippen molar-refractivity contribution in [2.24, 2.45) is 5.92 Å². The van der Waals surface area contributed by atoms with Crippen LogP contribution in [0.3, 0.4) is 0 Å². The van der Waals surface area contributed by atoms with Gasteiger partial charge in [0.05, 0.1) is 0 Å². The zero-order chi connectivity index (χ0) is 10.8. The second-order valence-corrected chi connectivity index (χ2v) is 4.42. The minimum absolute atomic E-state index is 0.0736. The maximum atomic E-state index is 13.0. The highest BCUT2D eigenvalue weighted by Crippen LogP contribution is 2.33. The van der Waals surface area contributed by atoms with Crippen molar-refractivity contribution in [3.63, 3.8) is 0 Å². The van der Waals surface area contributed by atoms with E-state index in [1.165, 1.54) is 25.0 Å². The van der Waals surface area contributed by atoms with Gasteiger partial charge in [0.25, 0.3) is 0 Å². The van der Waals surface area contributed by atoms with E-state index >= 15 is 0 Å². The molecule has 80 valence electrons. The molecule has 1 nitrogen and oxygen atoms in total. The van der Waals surface area contributed by atoms with Crippen molar-refractivity contribution in [2.75, 3.05) is 0 Å². The van der Waals surface area contributed by atoms with Crippen LogP contribution >= 0.6 is 0 Å². The molecule has 0 heterocycles. The van der Waals surface area contributed by atoms with E-state index in [1.54, 1.807) is 13.0 Å². The zero-order valence-electron chi connectivity index (χ0n) is 8.92. The molecular weight excluding hydrogens is 191 g/mol. The summed E-state index contributed by atoms with van der Waals surface area (Å²) in [5.74, 6) is 0.512. The minimum atomic E-state index is -0.315. The fourth-order valence-electron chi connectivity index (χ4n) is 1.78. The molecule has 0 aromatic heterocycles. The molecule has 1 aliphatic rings. The average molecular weight is 206 g/mol. The average Bonchev–Trinajstić information content (AvgIpc) is 2.96. The van der Waals surface area contributed by atoms with Gasteiger partial charge in [-0.25, -0.2) is 4.39 Å². The van der Waals surface area contributed by atoms with Gasteiger partial charge in [-0.1, -0.05) is 12.8 Å². The van der Waals surface area contributed by atoms with Gasteiger partial charge in [0.15, 0.2) is 5.78 Å². The van der Waals surface area contributed by atoms with Crippen LogP contribution in [0.4, 0.5) is 4.39 Å². The molecule has 1 fully saturated rings. The number of halogens is 1. The van der Waals surface area contributed by atoms with Crippen LogP contribution in [-0.2, 0) is 0 Å². The van der Waals surface area contributed by atoms with Gasteiger partial charge in [0.2, 0.25) is 0 Å². The van der Waals surface area contributed by atoms with Crippen LogP contribution in [0, 0.1) is 18.7 Å². The normalized spacial score (nSPS) is 15.3. The lowest BCUT2D eigenvalue weighted by Gasteiger charge is -2.02. The van der Waals surface area contributed by atoms with Crippen LogP contribution in [0.1, 0.15) is 41.6 Å². The van der Waals surface area contributed by atoms with Gasteiger partial charge < -0.3 is 0 Å². The molecule has 15 heavy (non-hydrogen) atoms. The summed E-state index contributed by atoms with van der Waals surface area (Å²) in [6, 6.07) is 4.54. The predicted molar refractivity (Wildman–Crippen MR) is 57.4 cm³/mol. The van der Waals surface area contributed by atoms with E-state index in [1.807, 2.05) is 0 Å². The number of benzene rings is 1. The van der Waals surface area contributed by atoms with E-state index in [4.69, 9.17) is 0 Å². The van der Waals surface area contributed by atoms with Gasteiger partial charge in [-0.05, 0) is 43.0 Å². The van der Waals surface area contributed by atoms with Crippen LogP contribution in [0.15, 0.2) is 18.2 Å². The fraction of sp³-hybridized carbons (Fsp3) is 0.462. The van der Waals surface area contributed by atoms with Gasteiger partial charge >= 0.3 is 0 Å². The molecule has 1 aromatic rings. The number of carbonyl (C=O) groups is 1. The molecular formula is C13H15FO. The SMILES string of the molecule is Cc1cc(F)cc(C(=O)CCC2CC2)c1. The summed E-state index contributed by atoms with van der Waals surface area (Å²) in [4.78, 5) is 11.7. The van der Waals surface area contributed by atoms with Gasteiger partial charge in [0, 0.05) is 12.0 Å². The van der Waals surface area contributed by atoms with Crippen molar-refractivity contribution in [3.05, 3.63) is 35.1 Å². The van der Waals surface area contributed by atoms with E-state index in [0.29, 0.717) is 12.0 Å². The quantitative estimate of drug-likeness (QED) is 0.689. The van der Waals surface area contributed by atoms with Gasteiger partial charge in [-0.15, -0.1) is 0 Å². The van der Waals surface area contributed by atoms with Crippen molar-refractivity contribution < 1.29 is 9.18 Å². The van der Waals surface area contributed by atoms with Crippen LogP contribution in [-0.4, -0.2) is 5.78 Å². The van der Waals surface area contributed by atoms with Crippen LogP contribution in [0.5, 0.6) is 0 Å². The Balaban J connectivity index is 2.02. The Morgan fingerprint density at radius 3 is 2.73 bits per heavy atom. The van der Waals surface area contributed by atoms with Crippen LogP contribution in [0.2, 0.25) is 0 Å². The lowest BCUT2D eigenvalue weighted by molar-refractivity contribution is 0.0977. The molecule has 0 unspecified atom stereocenters. The number of Topliss-reactive ketones (excluding diaryl/α,β-unsaturated/α-hetero) is 1. The molecule has 0 saturated heterocycles. The molecule has 2 heteroatoms. The maximum Gasteiger partial charge on any atom is 0.162 e. The highest BCUT2D eigenvalue weighted by atomic mass is 19.1. The molecule has 0 amide bonds. The number of hydrogen-bond donors (Lipinski definition) is 0. The molecule has 0 spiro atoms. The number of carbonyl (C=O) groups excluding carboxylic acids is 1. The van der Waals surface area contributed by atoms with Crippen molar-refractivity contribution >= 4 is 5.78 Å². The fourth-order valence-corrected chi connectivity index (χ4v) is 1.78. The summed E-state index contributed by atoms with van der Waals surface area (Å²) < 4.78 is 13.0. The smallest absolute Gasteiger partial charge is 0.162 e. The molecule has 0 atom stereocenters. The Bertz CT molecular complexity index is 360. The van der Waals surface area contributed by atoms with E-state index in [9.17, 15) is 9.18 Å². The molecule has 0 aliphatic heterocycles. The van der Waals surface area contributed by atoms with E-state index < -0.39 is 0 Å². The summed E-state index contributed by atoms with van der Waals surface area (Å²) in [5.41, 5.74) is 1.33. The lowest BCUT2D eigenvalue weighted by atomic mass is 10.0. The van der Waals surface area contributed by atoms with Crippen molar-refractivity contribution in [1.82, 2.24) is 0 Å². The highest BCUT2D eigenvalue weighted by molar-refractivity contribution is 5.96. The topological polar surface area (TPSA) is 17.1 Å². The van der Waals surface area contributed by atoms with Gasteiger partial charge in [0.1, 0.15) is 5.82 Å². The third kappa shape index (κ3) is 2.88. The molecule has 1 saturated carbocycles. The Morgan fingerprint density at radius 1 is 1.40 bits per heavy atom. The van der Waals surface area contributed by atoms with Crippen LogP contribution in [0.25, 0.3) is 0 Å². The first-order chi connectivity index (χ1) is 7.15. The first kappa shape index (κ1) is 10.3. The van der Waals surface area contributed by atoms with Crippen LogP contribution < -0.4 is 0 Å². The molecule has 0 radical (unpaired) electrons. The van der Waals surface area contributed by atoms with Gasteiger partial charge in [-0.3, -0.25) is 4.79 Å². The maximum absolute atomic E-state index is 13.0. The Hall–Kier alpha value is -1.18. The van der Waals surface area contributed by atoms with Crippen molar-refractivity contribution in [2.45, 2.75) is 32.6 Å². The summed E-state index contributed by atoms with van der Waals surface area (Å²) in [7, 11) is 0. The number of aryl methyl sites for hydroxylation is 1. The highest BCUT2D eigenvalue weighted by Gasteiger charge is 2.22. The third-order valence-corrected chi connectivity index (χ3v) is 2.84. The molecule has 1 aliphatic carbocycles. The second kappa shape index (κ2) is 4.13. The molecule has 1 aromatic carbocycles. The standard InChI is InChI=1S/C13H15FO/c1-9-6-11(8-12(14)7-9)13(15)5-4-10-2-3-10/h6-8,10H,2-5H2,1H3. The van der Waals surface area contributed by atoms with Crippen molar-refractivity contribution in [1.29, 1.82) is 0 Å². The lowest BCUT2D eigenvalue weighted by Crippen LogP contribution is -2.00. The Kier molecular flexibility index (Phi) is 2.85. The number of ketones is 1. The Labute approximate surface area is 89.3 Å². The van der Waals surface area contributed by atoms with Gasteiger partial charge in [-0.2, -0.15) is 0 Å². The molecule has 0 bridgehead atoms. The van der Waals surface area contributed by atoms with Crippen molar-refractivity contribution in [3.8, 4) is 0 Å². The first-order valence-corrected chi connectivity index (χ1v) is 5.45. The van der Waals surface area contributed by atoms with E-state index in [2.05, 4.69) is 0 Å². The molecule has 0 N–H and O–H groups in total. The summed E-state index contributed by atoms with van der Waals surface area (Å²) in [5, 5.41) is 0. The number of rotatable bonds is 4. The summed E-state index contributed by atoms with van der Waals surface area (Å²) >= 11 is 0. The molecule has 2 rings (SSSR count). The zero-order valence-corrected chi connectivity index (χ0v) is 8.92. The minimum Gasteiger partial charge on any atom is -0.294 e. The van der Waals surface area contributed by atoms with E-state index in [0.717, 1.165) is 17.9 Å². The summed E-state index contributed by atoms with van der Waals surface area (Å²) in [6.45, 7) is 1.81.